The van der Waals surface area contributed by atoms with Gasteiger partial charge in [-0.3, -0.25) is 14.9 Å². The number of amides is 1. The number of quaternary nitrogens is 1. The summed E-state index contributed by atoms with van der Waals surface area (Å²) in [7, 11) is 0. The summed E-state index contributed by atoms with van der Waals surface area (Å²) < 4.78 is 0. The van der Waals surface area contributed by atoms with E-state index in [0.29, 0.717) is 5.56 Å². The summed E-state index contributed by atoms with van der Waals surface area (Å²) in [6, 6.07) is 5.52. The quantitative estimate of drug-likeness (QED) is 0.638. The Morgan fingerprint density at radius 2 is 1.85 bits per heavy atom. The van der Waals surface area contributed by atoms with Gasteiger partial charge in [0.15, 0.2) is 0 Å². The van der Waals surface area contributed by atoms with Crippen LogP contribution in [0, 0.1) is 15.5 Å². The van der Waals surface area contributed by atoms with Gasteiger partial charge in [-0.25, -0.2) is 5.43 Å². The lowest BCUT2D eigenvalue weighted by atomic mass is 9.78. The van der Waals surface area contributed by atoms with Crippen molar-refractivity contribution in [2.24, 2.45) is 10.5 Å². The molecule has 1 aromatic carbocycles. The third kappa shape index (κ3) is 4.35. The maximum absolute atomic E-state index is 12.3. The fraction of sp³-hybridized carbons (Fsp3) is 0.474. The highest BCUT2D eigenvalue weighted by molar-refractivity contribution is 5.99. The van der Waals surface area contributed by atoms with Crippen molar-refractivity contribution in [3.63, 3.8) is 0 Å². The van der Waals surface area contributed by atoms with E-state index in [4.69, 9.17) is 0 Å². The van der Waals surface area contributed by atoms with Gasteiger partial charge in [0.25, 0.3) is 11.6 Å². The number of nitrogens with zero attached hydrogens (tertiary/aromatic N) is 2. The molecule has 0 bridgehead atoms. The van der Waals surface area contributed by atoms with Crippen LogP contribution in [0.5, 0.6) is 0 Å². The average Bonchev–Trinajstić information content (AvgIpc) is 3.13. The fourth-order valence-electron chi connectivity index (χ4n) is 3.71. The molecule has 1 aliphatic carbocycles. The van der Waals surface area contributed by atoms with Gasteiger partial charge in [0.1, 0.15) is 5.70 Å². The van der Waals surface area contributed by atoms with E-state index >= 15 is 0 Å². The number of nitrogens with one attached hydrogen (secondary N) is 2. The fourth-order valence-corrected chi connectivity index (χ4v) is 3.71. The number of hydrogen-bond acceptors (Lipinski definition) is 4. The summed E-state index contributed by atoms with van der Waals surface area (Å²) in [5.74, 6) is -0.362. The van der Waals surface area contributed by atoms with Gasteiger partial charge in [-0.2, -0.15) is 5.10 Å². The van der Waals surface area contributed by atoms with Gasteiger partial charge >= 0.3 is 0 Å². The minimum absolute atomic E-state index is 0.0388. The first kappa shape index (κ1) is 18.3. The van der Waals surface area contributed by atoms with Gasteiger partial charge in [0.2, 0.25) is 0 Å². The van der Waals surface area contributed by atoms with Crippen LogP contribution in [0.3, 0.4) is 0 Å². The Labute approximate surface area is 152 Å². The number of nitro benzene ring substituents is 1. The highest BCUT2D eigenvalue weighted by Gasteiger charge is 2.33. The van der Waals surface area contributed by atoms with Gasteiger partial charge in [-0.05, 0) is 24.0 Å². The van der Waals surface area contributed by atoms with Crippen molar-refractivity contribution >= 4 is 17.3 Å². The summed E-state index contributed by atoms with van der Waals surface area (Å²) in [4.78, 5) is 24.0. The van der Waals surface area contributed by atoms with Crippen molar-refractivity contribution in [1.82, 2.24) is 5.43 Å². The van der Waals surface area contributed by atoms with Crippen LogP contribution in [0.1, 0.15) is 49.9 Å². The Morgan fingerprint density at radius 1 is 1.19 bits per heavy atom. The Kier molecular flexibility index (Phi) is 5.18. The van der Waals surface area contributed by atoms with Crippen molar-refractivity contribution in [2.45, 2.75) is 39.5 Å². The van der Waals surface area contributed by atoms with Crippen LogP contribution in [-0.4, -0.2) is 29.6 Å². The molecular formula is C19H25N4O3+. The third-order valence-corrected chi connectivity index (χ3v) is 4.97. The Balaban J connectivity index is 1.72. The first-order valence-corrected chi connectivity index (χ1v) is 9.01. The molecule has 1 aliphatic heterocycles. The summed E-state index contributed by atoms with van der Waals surface area (Å²) in [5.41, 5.74) is 5.28. The lowest BCUT2D eigenvalue weighted by Crippen LogP contribution is -3.08. The lowest BCUT2D eigenvalue weighted by Gasteiger charge is -2.31. The maximum Gasteiger partial charge on any atom is 0.271 e. The smallest absolute Gasteiger partial charge is 0.271 e. The van der Waals surface area contributed by atoms with E-state index in [0.717, 1.165) is 18.6 Å². The number of likely N-dealkylation sites (tertiary alicyclic amines) is 1. The number of allylic oxidation sites excluding steroid dienone is 2. The van der Waals surface area contributed by atoms with Crippen LogP contribution < -0.4 is 10.3 Å². The molecule has 2 N–H and O–H groups in total. The molecular weight excluding hydrogens is 332 g/mol. The van der Waals surface area contributed by atoms with Crippen LogP contribution in [-0.2, 0) is 0 Å². The molecule has 0 radical (unpaired) electrons. The molecule has 0 spiro atoms. The molecule has 7 nitrogen and oxygen atoms in total. The Morgan fingerprint density at radius 3 is 2.46 bits per heavy atom. The second kappa shape index (κ2) is 7.37. The molecule has 1 amide bonds. The largest absolute Gasteiger partial charge is 0.306 e. The summed E-state index contributed by atoms with van der Waals surface area (Å²) >= 11 is 0. The van der Waals surface area contributed by atoms with Gasteiger partial charge < -0.3 is 4.90 Å². The number of nitro groups is 1. The van der Waals surface area contributed by atoms with Crippen LogP contribution in [0.2, 0.25) is 0 Å². The zero-order valence-electron chi connectivity index (χ0n) is 15.2. The zero-order chi connectivity index (χ0) is 18.7. The summed E-state index contributed by atoms with van der Waals surface area (Å²) in [6.45, 7) is 6.79. The number of non-ortho nitro benzene ring substituents is 1. The van der Waals surface area contributed by atoms with Crippen molar-refractivity contribution in [2.75, 3.05) is 13.1 Å². The van der Waals surface area contributed by atoms with E-state index in [1.165, 1.54) is 60.8 Å². The molecule has 2 aliphatic rings. The van der Waals surface area contributed by atoms with Crippen molar-refractivity contribution < 1.29 is 14.6 Å². The van der Waals surface area contributed by atoms with Crippen LogP contribution >= 0.6 is 0 Å². The highest BCUT2D eigenvalue weighted by atomic mass is 16.6. The number of carbonyl (C=O) groups is 1. The number of rotatable bonds is 4. The van der Waals surface area contributed by atoms with E-state index in [-0.39, 0.29) is 17.0 Å². The molecule has 1 fully saturated rings. The van der Waals surface area contributed by atoms with Crippen LogP contribution in [0.25, 0.3) is 0 Å². The molecule has 1 aromatic rings. The van der Waals surface area contributed by atoms with Crippen molar-refractivity contribution in [1.29, 1.82) is 0 Å². The third-order valence-electron chi connectivity index (χ3n) is 4.97. The summed E-state index contributed by atoms with van der Waals surface area (Å²) in [6.07, 6.45) is 6.51. The Bertz CT molecular complexity index is 759. The van der Waals surface area contributed by atoms with Gasteiger partial charge in [-0.15, -0.1) is 0 Å². The minimum Gasteiger partial charge on any atom is -0.306 e. The summed E-state index contributed by atoms with van der Waals surface area (Å²) in [5, 5.41) is 15.0. The molecule has 0 atom stereocenters. The molecule has 7 heteroatoms. The number of hydrogen-bond donors (Lipinski definition) is 2. The number of hydrazone groups is 1. The number of carbonyl (C=O) groups excluding carboxylic acids is 1. The Hall–Kier alpha value is -2.54. The lowest BCUT2D eigenvalue weighted by molar-refractivity contribution is -0.849. The van der Waals surface area contributed by atoms with Crippen molar-refractivity contribution in [3.8, 4) is 0 Å². The molecule has 0 aromatic heterocycles. The molecule has 0 saturated carbocycles. The predicted molar refractivity (Wildman–Crippen MR) is 99.0 cm³/mol. The van der Waals surface area contributed by atoms with Crippen LogP contribution in [0.4, 0.5) is 5.69 Å². The van der Waals surface area contributed by atoms with Gasteiger partial charge in [0, 0.05) is 43.0 Å². The number of benzene rings is 1. The standard InChI is InChI=1S/C19H24N4O3/c1-19(2)12-15(11-17(13-19)22-9-3-4-10-22)20-21-18(24)14-5-7-16(8-6-14)23(25)26/h5-8,11H,3-4,9-10,12-13H2,1-2H3,(H,21,24)/p+1/b20-15+. The molecule has 26 heavy (non-hydrogen) atoms. The molecule has 1 saturated heterocycles. The maximum atomic E-state index is 12.3. The van der Waals surface area contributed by atoms with Gasteiger partial charge in [-0.1, -0.05) is 13.8 Å². The first-order chi connectivity index (χ1) is 12.3. The van der Waals surface area contributed by atoms with Crippen LogP contribution in [0.15, 0.2) is 41.1 Å². The monoisotopic (exact) mass is 357 g/mol. The highest BCUT2D eigenvalue weighted by Crippen LogP contribution is 2.32. The van der Waals surface area contributed by atoms with E-state index in [2.05, 4.69) is 30.5 Å². The second-order valence-electron chi connectivity index (χ2n) is 7.85. The average molecular weight is 357 g/mol. The molecule has 1 heterocycles. The van der Waals surface area contributed by atoms with E-state index in [9.17, 15) is 14.9 Å². The second-order valence-corrected chi connectivity index (χ2v) is 7.85. The normalized spacial score (nSPS) is 21.5. The van der Waals surface area contributed by atoms with E-state index < -0.39 is 4.92 Å². The topological polar surface area (TPSA) is 89.0 Å². The first-order valence-electron chi connectivity index (χ1n) is 9.01. The van der Waals surface area contributed by atoms with E-state index in [1.807, 2.05) is 0 Å². The molecule has 138 valence electrons. The molecule has 3 rings (SSSR count). The van der Waals surface area contributed by atoms with E-state index in [1.54, 1.807) is 0 Å². The zero-order valence-corrected chi connectivity index (χ0v) is 15.2. The predicted octanol–water partition coefficient (Wildman–Crippen LogP) is 2.06. The SMILES string of the molecule is CC1(C)CC([NH+]2CCCC2)=C/C(=N\NC(=O)c2ccc([N+](=O)[O-])cc2)C1. The minimum atomic E-state index is -0.487. The van der Waals surface area contributed by atoms with Gasteiger partial charge in [0.05, 0.1) is 23.7 Å². The van der Waals surface area contributed by atoms with Crippen molar-refractivity contribution in [3.05, 3.63) is 51.7 Å². The molecule has 0 unspecified atom stereocenters.